The number of halogens is 1. The van der Waals surface area contributed by atoms with Crippen molar-refractivity contribution in [2.45, 2.75) is 12.5 Å². The largest absolute Gasteiger partial charge is 0.507 e. The lowest BCUT2D eigenvalue weighted by atomic mass is 9.95. The second kappa shape index (κ2) is 8.57. The van der Waals surface area contributed by atoms with Crippen LogP contribution in [0.15, 0.2) is 54.6 Å². The monoisotopic (exact) mass is 449 g/mol. The molecule has 166 valence electrons. The van der Waals surface area contributed by atoms with Gasteiger partial charge in [-0.2, -0.15) is 0 Å². The molecule has 0 bridgehead atoms. The molecular weight excluding hydrogens is 422 g/mol. The normalized spacial score (nSPS) is 15.8. The fourth-order valence-corrected chi connectivity index (χ4v) is 4.94. The zero-order chi connectivity index (χ0) is 22.2. The van der Waals surface area contributed by atoms with E-state index in [2.05, 4.69) is 39.0 Å². The van der Waals surface area contributed by atoms with Crippen LogP contribution in [0.25, 0.3) is 21.7 Å². The van der Waals surface area contributed by atoms with Crippen LogP contribution in [-0.4, -0.2) is 54.7 Å². The number of hydrogen-bond donors (Lipinski definition) is 2. The molecule has 1 aliphatic rings. The third-order valence-corrected chi connectivity index (χ3v) is 6.61. The number of rotatable bonds is 7. The predicted octanol–water partition coefficient (Wildman–Crippen LogP) is 5.31. The highest BCUT2D eigenvalue weighted by Gasteiger charge is 2.31. The maximum atomic E-state index is 10.6. The zero-order valence-electron chi connectivity index (χ0n) is 18.4. The van der Waals surface area contributed by atoms with Gasteiger partial charge in [0.15, 0.2) is 0 Å². The van der Waals surface area contributed by atoms with Crippen LogP contribution in [0.4, 0.5) is 5.69 Å². The van der Waals surface area contributed by atoms with E-state index in [4.69, 9.17) is 16.3 Å². The van der Waals surface area contributed by atoms with Gasteiger partial charge in [0, 0.05) is 58.6 Å². The summed E-state index contributed by atoms with van der Waals surface area (Å²) in [6.07, 6.45) is 0. The molecule has 32 heavy (non-hydrogen) atoms. The standard InChI is InChI=1S/C26H28ClN3O2/c1-29(2)9-10-32-20-7-8-23-17(12-20)11-19(28-23)16-30-15-18(14-27)26-22-6-4-3-5-21(22)25(31)13-24(26)30/h3-8,11-13,18,28,31H,9-10,14-16H2,1-2H3. The van der Waals surface area contributed by atoms with Gasteiger partial charge in [0.2, 0.25) is 0 Å². The number of phenols is 1. The first-order chi connectivity index (χ1) is 15.5. The molecule has 0 aliphatic carbocycles. The van der Waals surface area contributed by atoms with E-state index in [-0.39, 0.29) is 5.92 Å². The van der Waals surface area contributed by atoms with Gasteiger partial charge in [-0.1, -0.05) is 24.3 Å². The number of phenolic OH excluding ortho intramolecular Hbond substituents is 1. The van der Waals surface area contributed by atoms with E-state index in [0.29, 0.717) is 18.2 Å². The van der Waals surface area contributed by atoms with Crippen molar-refractivity contribution in [1.82, 2.24) is 9.88 Å². The summed E-state index contributed by atoms with van der Waals surface area (Å²) >= 11 is 6.37. The molecule has 1 aromatic heterocycles. The lowest BCUT2D eigenvalue weighted by molar-refractivity contribution is 0.261. The van der Waals surface area contributed by atoms with Gasteiger partial charge in [-0.15, -0.1) is 11.6 Å². The second-order valence-corrected chi connectivity index (χ2v) is 9.11. The Bertz CT molecular complexity index is 1270. The molecule has 1 unspecified atom stereocenters. The van der Waals surface area contributed by atoms with Crippen molar-refractivity contribution in [1.29, 1.82) is 0 Å². The average molecular weight is 450 g/mol. The number of alkyl halides is 1. The van der Waals surface area contributed by atoms with Crippen LogP contribution in [0.5, 0.6) is 11.5 Å². The Morgan fingerprint density at radius 3 is 2.72 bits per heavy atom. The molecule has 2 heterocycles. The number of fused-ring (bicyclic) bond motifs is 4. The molecule has 6 heteroatoms. The first-order valence-electron chi connectivity index (χ1n) is 11.0. The highest BCUT2D eigenvalue weighted by Crippen LogP contribution is 2.45. The van der Waals surface area contributed by atoms with E-state index in [9.17, 15) is 5.11 Å². The van der Waals surface area contributed by atoms with Gasteiger partial charge in [-0.05, 0) is 49.3 Å². The fourth-order valence-electron chi connectivity index (χ4n) is 4.68. The summed E-state index contributed by atoms with van der Waals surface area (Å²) in [4.78, 5) is 7.96. The summed E-state index contributed by atoms with van der Waals surface area (Å²) in [5.74, 6) is 1.99. The molecule has 0 radical (unpaired) electrons. The molecule has 4 aromatic rings. The molecule has 0 amide bonds. The summed E-state index contributed by atoms with van der Waals surface area (Å²) < 4.78 is 5.89. The number of hydrogen-bond acceptors (Lipinski definition) is 4. The van der Waals surface area contributed by atoms with Crippen LogP contribution in [0.1, 0.15) is 17.2 Å². The Labute approximate surface area is 193 Å². The quantitative estimate of drug-likeness (QED) is 0.375. The number of nitrogens with one attached hydrogen (secondary N) is 1. The molecule has 2 N–H and O–H groups in total. The van der Waals surface area contributed by atoms with Crippen LogP contribution in [0, 0.1) is 0 Å². The van der Waals surface area contributed by atoms with Gasteiger partial charge >= 0.3 is 0 Å². The topological polar surface area (TPSA) is 51.7 Å². The van der Waals surface area contributed by atoms with Crippen molar-refractivity contribution in [3.63, 3.8) is 0 Å². The Hall–Kier alpha value is -2.89. The van der Waals surface area contributed by atoms with Gasteiger partial charge in [0.1, 0.15) is 18.1 Å². The minimum absolute atomic E-state index is 0.234. The molecule has 0 saturated carbocycles. The van der Waals surface area contributed by atoms with Crippen molar-refractivity contribution < 1.29 is 9.84 Å². The number of aromatic nitrogens is 1. The molecular formula is C26H28ClN3O2. The SMILES string of the molecule is CN(C)CCOc1ccc2[nH]c(CN3CC(CCl)c4c3cc(O)c3ccccc43)cc2c1. The van der Waals surface area contributed by atoms with Gasteiger partial charge in [-0.25, -0.2) is 0 Å². The van der Waals surface area contributed by atoms with Crippen molar-refractivity contribution in [3.05, 3.63) is 65.9 Å². The number of nitrogens with zero attached hydrogens (tertiary/aromatic N) is 2. The van der Waals surface area contributed by atoms with E-state index in [1.807, 2.05) is 44.4 Å². The Kier molecular flexibility index (Phi) is 5.62. The first kappa shape index (κ1) is 21.0. The van der Waals surface area contributed by atoms with E-state index in [0.717, 1.165) is 58.4 Å². The number of H-pyrrole nitrogens is 1. The fraction of sp³-hybridized carbons (Fsp3) is 0.308. The predicted molar refractivity (Wildman–Crippen MR) is 132 cm³/mol. The number of likely N-dealkylation sites (N-methyl/N-ethyl adjacent to an activating group) is 1. The van der Waals surface area contributed by atoms with E-state index in [1.54, 1.807) is 0 Å². The highest BCUT2D eigenvalue weighted by molar-refractivity contribution is 6.18. The van der Waals surface area contributed by atoms with Crippen LogP contribution in [-0.2, 0) is 6.54 Å². The molecule has 1 aliphatic heterocycles. The highest BCUT2D eigenvalue weighted by atomic mass is 35.5. The van der Waals surface area contributed by atoms with E-state index < -0.39 is 0 Å². The maximum absolute atomic E-state index is 10.6. The van der Waals surface area contributed by atoms with Crippen LogP contribution >= 0.6 is 11.6 Å². The Morgan fingerprint density at radius 1 is 1.12 bits per heavy atom. The molecule has 5 rings (SSSR count). The maximum Gasteiger partial charge on any atom is 0.125 e. The Morgan fingerprint density at radius 2 is 1.94 bits per heavy atom. The summed E-state index contributed by atoms with van der Waals surface area (Å²) in [6, 6.07) is 18.3. The van der Waals surface area contributed by atoms with E-state index in [1.165, 1.54) is 5.56 Å². The number of anilines is 1. The van der Waals surface area contributed by atoms with Gasteiger partial charge in [0.25, 0.3) is 0 Å². The zero-order valence-corrected chi connectivity index (χ0v) is 19.2. The van der Waals surface area contributed by atoms with Crippen molar-refractivity contribution >= 4 is 39.0 Å². The molecule has 3 aromatic carbocycles. The van der Waals surface area contributed by atoms with Crippen LogP contribution in [0.3, 0.4) is 0 Å². The number of aromatic amines is 1. The van der Waals surface area contributed by atoms with Gasteiger partial charge < -0.3 is 24.6 Å². The summed E-state index contributed by atoms with van der Waals surface area (Å²) in [5.41, 5.74) is 4.52. The van der Waals surface area contributed by atoms with Crippen molar-refractivity contribution in [3.8, 4) is 11.5 Å². The molecule has 0 saturated heterocycles. The third-order valence-electron chi connectivity index (χ3n) is 6.23. The Balaban J connectivity index is 1.42. The van der Waals surface area contributed by atoms with Crippen LogP contribution < -0.4 is 9.64 Å². The van der Waals surface area contributed by atoms with Crippen molar-refractivity contribution in [2.24, 2.45) is 0 Å². The smallest absolute Gasteiger partial charge is 0.125 e. The summed E-state index contributed by atoms with van der Waals surface area (Å²) in [5, 5.41) is 13.8. The lowest BCUT2D eigenvalue weighted by Gasteiger charge is -2.19. The molecule has 0 fully saturated rings. The van der Waals surface area contributed by atoms with Crippen molar-refractivity contribution in [2.75, 3.05) is 44.6 Å². The number of aromatic hydroxyl groups is 1. The molecule has 1 atom stereocenters. The summed E-state index contributed by atoms with van der Waals surface area (Å²) in [6.45, 7) is 3.11. The first-order valence-corrected chi connectivity index (χ1v) is 11.5. The van der Waals surface area contributed by atoms with E-state index >= 15 is 0 Å². The van der Waals surface area contributed by atoms with Gasteiger partial charge in [-0.3, -0.25) is 0 Å². The molecule has 5 nitrogen and oxygen atoms in total. The third kappa shape index (κ3) is 3.87. The minimum Gasteiger partial charge on any atom is -0.507 e. The number of ether oxygens (including phenoxy) is 1. The average Bonchev–Trinajstić information content (AvgIpc) is 3.34. The van der Waals surface area contributed by atoms with Crippen LogP contribution in [0.2, 0.25) is 0 Å². The molecule has 0 spiro atoms. The second-order valence-electron chi connectivity index (χ2n) is 8.80. The minimum atomic E-state index is 0.234. The summed E-state index contributed by atoms with van der Waals surface area (Å²) in [7, 11) is 4.08. The lowest BCUT2D eigenvalue weighted by Crippen LogP contribution is -2.21. The van der Waals surface area contributed by atoms with Gasteiger partial charge in [0.05, 0.1) is 6.54 Å². The number of benzene rings is 3.